The molecular formula is C26H34O2. The normalized spacial score (nSPS) is 11.9. The maximum absolute atomic E-state index is 6.09. The monoisotopic (exact) mass is 378 g/mol. The fourth-order valence-electron chi connectivity index (χ4n) is 3.09. The summed E-state index contributed by atoms with van der Waals surface area (Å²) in [5.41, 5.74) is 1.96. The molecule has 0 fully saturated rings. The molecule has 2 heteroatoms. The van der Waals surface area contributed by atoms with Crippen molar-refractivity contribution in [3.63, 3.8) is 0 Å². The fraction of sp³-hybridized carbons (Fsp3) is 0.385. The van der Waals surface area contributed by atoms with Crippen LogP contribution in [0.25, 0.3) is 12.2 Å². The highest BCUT2D eigenvalue weighted by Crippen LogP contribution is 2.30. The largest absolute Gasteiger partial charge is 0.493 e. The average molecular weight is 379 g/mol. The molecule has 0 heterocycles. The van der Waals surface area contributed by atoms with Crippen LogP contribution < -0.4 is 9.47 Å². The molecule has 150 valence electrons. The van der Waals surface area contributed by atoms with Gasteiger partial charge in [0.2, 0.25) is 0 Å². The SMILES string of the molecule is C=Cc1ccc(C=C)c(Oc2cccc(OCCC(C)CCCC(C)C)c2)c1. The molecule has 0 spiro atoms. The van der Waals surface area contributed by atoms with Gasteiger partial charge >= 0.3 is 0 Å². The molecule has 0 aliphatic rings. The van der Waals surface area contributed by atoms with Crippen molar-refractivity contribution in [1.29, 1.82) is 0 Å². The topological polar surface area (TPSA) is 18.5 Å². The molecule has 1 atom stereocenters. The first-order chi connectivity index (χ1) is 13.5. The number of ether oxygens (including phenoxy) is 2. The molecule has 2 aromatic carbocycles. The van der Waals surface area contributed by atoms with Crippen LogP contribution in [0.15, 0.2) is 55.6 Å². The zero-order valence-electron chi connectivity index (χ0n) is 17.6. The van der Waals surface area contributed by atoms with Gasteiger partial charge in [-0.15, -0.1) is 0 Å². The summed E-state index contributed by atoms with van der Waals surface area (Å²) in [5, 5.41) is 0. The molecular weight excluding hydrogens is 344 g/mol. The molecule has 0 bridgehead atoms. The molecule has 0 saturated carbocycles. The second-order valence-electron chi connectivity index (χ2n) is 7.85. The highest BCUT2D eigenvalue weighted by molar-refractivity contribution is 5.62. The van der Waals surface area contributed by atoms with E-state index in [0.29, 0.717) is 5.92 Å². The lowest BCUT2D eigenvalue weighted by molar-refractivity contribution is 0.275. The second kappa shape index (κ2) is 11.4. The van der Waals surface area contributed by atoms with E-state index in [4.69, 9.17) is 9.47 Å². The minimum atomic E-state index is 0.690. The van der Waals surface area contributed by atoms with E-state index < -0.39 is 0 Å². The Balaban J connectivity index is 1.90. The summed E-state index contributed by atoms with van der Waals surface area (Å²) in [5.74, 6) is 3.84. The Bertz CT molecular complexity index is 761. The molecule has 0 N–H and O–H groups in total. The average Bonchev–Trinajstić information content (AvgIpc) is 2.68. The number of rotatable bonds is 12. The first-order valence-corrected chi connectivity index (χ1v) is 10.3. The van der Waals surface area contributed by atoms with E-state index in [1.165, 1.54) is 19.3 Å². The molecule has 0 aromatic heterocycles. The third kappa shape index (κ3) is 7.26. The fourth-order valence-corrected chi connectivity index (χ4v) is 3.09. The second-order valence-corrected chi connectivity index (χ2v) is 7.85. The van der Waals surface area contributed by atoms with E-state index in [9.17, 15) is 0 Å². The summed E-state index contributed by atoms with van der Waals surface area (Å²) in [6.45, 7) is 15.3. The third-order valence-electron chi connectivity index (χ3n) is 4.88. The standard InChI is InChI=1S/C26H34O2/c1-6-22-14-15-23(7-2)26(18-22)28-25-13-9-12-24(19-25)27-17-16-21(5)11-8-10-20(3)4/h6-7,9,12-15,18-21H,1-2,8,10-11,16-17H2,3-5H3. The van der Waals surface area contributed by atoms with Crippen LogP contribution in [0.1, 0.15) is 57.6 Å². The van der Waals surface area contributed by atoms with Crippen molar-refractivity contribution in [2.24, 2.45) is 11.8 Å². The molecule has 2 aromatic rings. The van der Waals surface area contributed by atoms with Gasteiger partial charge in [-0.05, 0) is 42.0 Å². The molecule has 0 radical (unpaired) electrons. The minimum Gasteiger partial charge on any atom is -0.493 e. The predicted octanol–water partition coefficient (Wildman–Crippen LogP) is 8.00. The zero-order valence-corrected chi connectivity index (χ0v) is 17.6. The molecule has 2 nitrogen and oxygen atoms in total. The van der Waals surface area contributed by atoms with Crippen molar-refractivity contribution >= 4 is 12.2 Å². The summed E-state index contributed by atoms with van der Waals surface area (Å²) in [6, 6.07) is 13.8. The van der Waals surface area contributed by atoms with Gasteiger partial charge in [-0.1, -0.05) is 83.5 Å². The van der Waals surface area contributed by atoms with Crippen molar-refractivity contribution in [2.45, 2.75) is 46.5 Å². The first-order valence-electron chi connectivity index (χ1n) is 10.3. The van der Waals surface area contributed by atoms with Crippen LogP contribution in [0.4, 0.5) is 0 Å². The van der Waals surface area contributed by atoms with Gasteiger partial charge in [0.25, 0.3) is 0 Å². The van der Waals surface area contributed by atoms with Crippen LogP contribution in [0, 0.1) is 11.8 Å². The van der Waals surface area contributed by atoms with Crippen LogP contribution in [0.2, 0.25) is 0 Å². The van der Waals surface area contributed by atoms with E-state index in [1.54, 1.807) is 6.08 Å². The van der Waals surface area contributed by atoms with Gasteiger partial charge in [0, 0.05) is 11.6 Å². The maximum Gasteiger partial charge on any atom is 0.135 e. The quantitative estimate of drug-likeness (QED) is 0.372. The third-order valence-corrected chi connectivity index (χ3v) is 4.88. The van der Waals surface area contributed by atoms with Crippen molar-refractivity contribution in [1.82, 2.24) is 0 Å². The van der Waals surface area contributed by atoms with Crippen LogP contribution in [0.3, 0.4) is 0 Å². The Hall–Kier alpha value is -2.48. The van der Waals surface area contributed by atoms with Crippen LogP contribution >= 0.6 is 0 Å². The molecule has 0 aliphatic heterocycles. The van der Waals surface area contributed by atoms with E-state index in [2.05, 4.69) is 33.9 Å². The van der Waals surface area contributed by atoms with Gasteiger partial charge in [0.1, 0.15) is 17.2 Å². The summed E-state index contributed by atoms with van der Waals surface area (Å²) in [6.07, 6.45) is 8.56. The van der Waals surface area contributed by atoms with Gasteiger partial charge in [-0.3, -0.25) is 0 Å². The van der Waals surface area contributed by atoms with Gasteiger partial charge in [-0.2, -0.15) is 0 Å². The lowest BCUT2D eigenvalue weighted by Gasteiger charge is -2.14. The van der Waals surface area contributed by atoms with Crippen molar-refractivity contribution in [3.8, 4) is 17.2 Å². The van der Waals surface area contributed by atoms with E-state index in [-0.39, 0.29) is 0 Å². The minimum absolute atomic E-state index is 0.690. The molecule has 0 saturated heterocycles. The first kappa shape index (κ1) is 21.8. The van der Waals surface area contributed by atoms with E-state index >= 15 is 0 Å². The van der Waals surface area contributed by atoms with Crippen molar-refractivity contribution < 1.29 is 9.47 Å². The maximum atomic E-state index is 6.09. The van der Waals surface area contributed by atoms with Gasteiger partial charge in [0.05, 0.1) is 6.61 Å². The Kier molecular flexibility index (Phi) is 8.87. The van der Waals surface area contributed by atoms with Crippen LogP contribution in [-0.2, 0) is 0 Å². The molecule has 2 rings (SSSR count). The lowest BCUT2D eigenvalue weighted by atomic mass is 9.98. The highest BCUT2D eigenvalue weighted by atomic mass is 16.5. The van der Waals surface area contributed by atoms with E-state index in [1.807, 2.05) is 48.5 Å². The molecule has 0 amide bonds. The predicted molar refractivity (Wildman–Crippen MR) is 121 cm³/mol. The summed E-state index contributed by atoms with van der Waals surface area (Å²) in [7, 11) is 0. The number of hydrogen-bond acceptors (Lipinski definition) is 2. The Labute approximate surface area is 170 Å². The number of hydrogen-bond donors (Lipinski definition) is 0. The summed E-state index contributed by atoms with van der Waals surface area (Å²) in [4.78, 5) is 0. The molecule has 0 aliphatic carbocycles. The van der Waals surface area contributed by atoms with Crippen LogP contribution in [0.5, 0.6) is 17.2 Å². The van der Waals surface area contributed by atoms with Crippen LogP contribution in [-0.4, -0.2) is 6.61 Å². The summed E-state index contributed by atoms with van der Waals surface area (Å²) < 4.78 is 12.1. The Morgan fingerprint density at radius 3 is 2.39 bits per heavy atom. The Morgan fingerprint density at radius 1 is 0.893 bits per heavy atom. The molecule has 1 unspecified atom stereocenters. The van der Waals surface area contributed by atoms with Crippen molar-refractivity contribution in [3.05, 3.63) is 66.7 Å². The van der Waals surface area contributed by atoms with E-state index in [0.717, 1.165) is 47.3 Å². The lowest BCUT2D eigenvalue weighted by Crippen LogP contribution is -2.05. The Morgan fingerprint density at radius 2 is 1.68 bits per heavy atom. The summed E-state index contributed by atoms with van der Waals surface area (Å²) >= 11 is 0. The van der Waals surface area contributed by atoms with Gasteiger partial charge < -0.3 is 9.47 Å². The number of benzene rings is 2. The molecule has 28 heavy (non-hydrogen) atoms. The highest BCUT2D eigenvalue weighted by Gasteiger charge is 2.07. The zero-order chi connectivity index (χ0) is 20.4. The van der Waals surface area contributed by atoms with Gasteiger partial charge in [0.15, 0.2) is 0 Å². The van der Waals surface area contributed by atoms with Gasteiger partial charge in [-0.25, -0.2) is 0 Å². The van der Waals surface area contributed by atoms with Crippen molar-refractivity contribution in [2.75, 3.05) is 6.61 Å². The smallest absolute Gasteiger partial charge is 0.135 e.